The van der Waals surface area contributed by atoms with Crippen molar-refractivity contribution in [3.05, 3.63) is 88.9 Å². The summed E-state index contributed by atoms with van der Waals surface area (Å²) in [5, 5.41) is 15.8. The predicted octanol–water partition coefficient (Wildman–Crippen LogP) is 7.77. The van der Waals surface area contributed by atoms with Crippen LogP contribution >= 0.6 is 23.2 Å². The van der Waals surface area contributed by atoms with Crippen LogP contribution in [0, 0.1) is 0 Å². The number of phenolic OH excluding ortho intramolecular Hbond substituents is 1. The van der Waals surface area contributed by atoms with Crippen molar-refractivity contribution in [2.24, 2.45) is 0 Å². The van der Waals surface area contributed by atoms with Crippen LogP contribution in [0.15, 0.2) is 78.9 Å². The van der Waals surface area contributed by atoms with E-state index in [0.29, 0.717) is 21.1 Å². The molecule has 6 rings (SSSR count). The first-order valence-electron chi connectivity index (χ1n) is 9.79. The molecule has 0 fully saturated rings. The molecular weight excluding hydrogens is 427 g/mol. The summed E-state index contributed by atoms with van der Waals surface area (Å²) in [6, 6.07) is 25.2. The number of nitrogens with zero attached hydrogens (tertiary/aromatic N) is 2. The second-order valence-electron chi connectivity index (χ2n) is 7.50. The molecule has 1 N–H and O–H groups in total. The van der Waals surface area contributed by atoms with E-state index in [1.54, 1.807) is 18.2 Å². The molecule has 0 amide bonds. The van der Waals surface area contributed by atoms with Crippen LogP contribution in [0.1, 0.15) is 0 Å². The molecule has 5 aromatic carbocycles. The van der Waals surface area contributed by atoms with Gasteiger partial charge in [-0.2, -0.15) is 0 Å². The number of rotatable bonds is 1. The number of hydrogen-bond donors (Lipinski definition) is 1. The molecule has 0 spiro atoms. The van der Waals surface area contributed by atoms with Crippen molar-refractivity contribution in [2.75, 3.05) is 0 Å². The van der Waals surface area contributed by atoms with Crippen LogP contribution < -0.4 is 0 Å². The van der Waals surface area contributed by atoms with E-state index < -0.39 is 0 Å². The van der Waals surface area contributed by atoms with Crippen LogP contribution in [0.3, 0.4) is 0 Å². The van der Waals surface area contributed by atoms with Crippen LogP contribution in [0.25, 0.3) is 54.7 Å². The summed E-state index contributed by atoms with van der Waals surface area (Å²) in [7, 11) is 0. The number of fused-ring (bicyclic) bond motifs is 5. The third kappa shape index (κ3) is 2.82. The number of aromatic hydroxyl groups is 1. The molecule has 6 aromatic rings. The van der Waals surface area contributed by atoms with E-state index in [2.05, 4.69) is 0 Å². The van der Waals surface area contributed by atoms with Gasteiger partial charge in [0.25, 0.3) is 0 Å². The lowest BCUT2D eigenvalue weighted by Gasteiger charge is -2.14. The van der Waals surface area contributed by atoms with E-state index >= 15 is 0 Å². The van der Waals surface area contributed by atoms with Crippen molar-refractivity contribution in [3.63, 3.8) is 0 Å². The van der Waals surface area contributed by atoms with Gasteiger partial charge in [-0.15, -0.1) is 0 Å². The monoisotopic (exact) mass is 440 g/mol. The Kier molecular flexibility index (Phi) is 4.04. The van der Waals surface area contributed by atoms with Gasteiger partial charge in [-0.05, 0) is 46.0 Å². The molecule has 0 unspecified atom stereocenters. The standard InChI is InChI=1S/C26H14Cl2N2O/c27-19-12-21-22(13-20(19)28)30-26-17-8-4-3-7-16(17)18(11-23(26)29-21)25-15-6-2-1-5-14(15)9-10-24(25)31/h1-13,31H. The van der Waals surface area contributed by atoms with Gasteiger partial charge in [-0.3, -0.25) is 0 Å². The maximum absolute atomic E-state index is 10.9. The van der Waals surface area contributed by atoms with Gasteiger partial charge < -0.3 is 5.11 Å². The van der Waals surface area contributed by atoms with Gasteiger partial charge in [0.05, 0.1) is 32.1 Å². The van der Waals surface area contributed by atoms with Gasteiger partial charge in [0.15, 0.2) is 0 Å². The quantitative estimate of drug-likeness (QED) is 0.209. The van der Waals surface area contributed by atoms with Crippen molar-refractivity contribution >= 4 is 66.8 Å². The normalized spacial score (nSPS) is 11.7. The lowest BCUT2D eigenvalue weighted by Crippen LogP contribution is -1.92. The summed E-state index contributed by atoms with van der Waals surface area (Å²) >= 11 is 12.4. The summed E-state index contributed by atoms with van der Waals surface area (Å²) < 4.78 is 0. The maximum atomic E-state index is 10.9. The number of benzene rings is 5. The molecule has 1 aromatic heterocycles. The average molecular weight is 441 g/mol. The van der Waals surface area contributed by atoms with Gasteiger partial charge in [0.2, 0.25) is 0 Å². The molecule has 148 valence electrons. The van der Waals surface area contributed by atoms with Crippen LogP contribution in [0.4, 0.5) is 0 Å². The molecule has 0 aliphatic rings. The summed E-state index contributed by atoms with van der Waals surface area (Å²) in [6.07, 6.45) is 0. The summed E-state index contributed by atoms with van der Waals surface area (Å²) in [5.74, 6) is 0.228. The molecule has 0 bridgehead atoms. The minimum absolute atomic E-state index is 0.228. The topological polar surface area (TPSA) is 46.0 Å². The van der Waals surface area contributed by atoms with Crippen molar-refractivity contribution < 1.29 is 5.11 Å². The fraction of sp³-hybridized carbons (Fsp3) is 0. The summed E-state index contributed by atoms with van der Waals surface area (Å²) in [4.78, 5) is 9.70. The van der Waals surface area contributed by atoms with Crippen molar-refractivity contribution in [2.45, 2.75) is 0 Å². The average Bonchev–Trinajstić information content (AvgIpc) is 2.78. The number of aromatic nitrogens is 2. The van der Waals surface area contributed by atoms with Gasteiger partial charge in [-0.25, -0.2) is 9.97 Å². The van der Waals surface area contributed by atoms with E-state index in [9.17, 15) is 5.11 Å². The molecule has 0 saturated heterocycles. The highest BCUT2D eigenvalue weighted by molar-refractivity contribution is 6.42. The zero-order chi connectivity index (χ0) is 21.1. The first-order valence-corrected chi connectivity index (χ1v) is 10.5. The van der Waals surface area contributed by atoms with E-state index in [0.717, 1.165) is 43.7 Å². The highest BCUT2D eigenvalue weighted by Gasteiger charge is 2.16. The Labute approximate surface area is 187 Å². The Hall–Kier alpha value is -3.40. The minimum atomic E-state index is 0.228. The Morgan fingerprint density at radius 3 is 2.03 bits per heavy atom. The molecule has 0 saturated carbocycles. The van der Waals surface area contributed by atoms with Gasteiger partial charge in [0.1, 0.15) is 5.75 Å². The Balaban J connectivity index is 1.80. The fourth-order valence-electron chi connectivity index (χ4n) is 4.25. The Morgan fingerprint density at radius 2 is 1.26 bits per heavy atom. The van der Waals surface area contributed by atoms with E-state index in [1.165, 1.54) is 0 Å². The van der Waals surface area contributed by atoms with Crippen molar-refractivity contribution in [1.82, 2.24) is 9.97 Å². The molecule has 0 radical (unpaired) electrons. The largest absolute Gasteiger partial charge is 0.507 e. The van der Waals surface area contributed by atoms with E-state index in [1.807, 2.05) is 60.7 Å². The summed E-state index contributed by atoms with van der Waals surface area (Å²) in [5.41, 5.74) is 4.56. The third-order valence-electron chi connectivity index (χ3n) is 5.66. The van der Waals surface area contributed by atoms with E-state index in [4.69, 9.17) is 33.2 Å². The van der Waals surface area contributed by atoms with Crippen LogP contribution in [0.2, 0.25) is 10.0 Å². The molecule has 0 atom stereocenters. The zero-order valence-electron chi connectivity index (χ0n) is 16.1. The molecule has 3 nitrogen and oxygen atoms in total. The van der Waals surface area contributed by atoms with Gasteiger partial charge >= 0.3 is 0 Å². The Morgan fingerprint density at radius 1 is 0.613 bits per heavy atom. The third-order valence-corrected chi connectivity index (χ3v) is 6.39. The summed E-state index contributed by atoms with van der Waals surface area (Å²) in [6.45, 7) is 0. The zero-order valence-corrected chi connectivity index (χ0v) is 17.6. The maximum Gasteiger partial charge on any atom is 0.124 e. The predicted molar refractivity (Wildman–Crippen MR) is 129 cm³/mol. The molecule has 31 heavy (non-hydrogen) atoms. The molecule has 0 aliphatic heterocycles. The molecule has 1 heterocycles. The second-order valence-corrected chi connectivity index (χ2v) is 8.31. The van der Waals surface area contributed by atoms with E-state index in [-0.39, 0.29) is 5.75 Å². The van der Waals surface area contributed by atoms with Crippen molar-refractivity contribution in [1.29, 1.82) is 0 Å². The molecule has 5 heteroatoms. The highest BCUT2D eigenvalue weighted by Crippen LogP contribution is 2.42. The fourth-order valence-corrected chi connectivity index (χ4v) is 4.57. The van der Waals surface area contributed by atoms with Gasteiger partial charge in [-0.1, -0.05) is 77.8 Å². The first-order chi connectivity index (χ1) is 15.1. The number of hydrogen-bond acceptors (Lipinski definition) is 3. The molecular formula is C26H14Cl2N2O. The lowest BCUT2D eigenvalue weighted by atomic mass is 9.92. The van der Waals surface area contributed by atoms with Crippen LogP contribution in [-0.4, -0.2) is 15.1 Å². The highest BCUT2D eigenvalue weighted by atomic mass is 35.5. The number of phenols is 1. The van der Waals surface area contributed by atoms with Gasteiger partial charge in [0, 0.05) is 10.9 Å². The second kappa shape index (κ2) is 6.81. The first kappa shape index (κ1) is 18.4. The SMILES string of the molecule is Oc1ccc2ccccc2c1-c1cc2nc3cc(Cl)c(Cl)cc3nc2c2ccccc12. The lowest BCUT2D eigenvalue weighted by molar-refractivity contribution is 0.478. The number of halogens is 2. The Bertz CT molecular complexity index is 1680. The smallest absolute Gasteiger partial charge is 0.124 e. The van der Waals surface area contributed by atoms with Crippen LogP contribution in [-0.2, 0) is 0 Å². The molecule has 0 aliphatic carbocycles. The minimum Gasteiger partial charge on any atom is -0.507 e. The van der Waals surface area contributed by atoms with Crippen LogP contribution in [0.5, 0.6) is 5.75 Å². The van der Waals surface area contributed by atoms with Crippen molar-refractivity contribution in [3.8, 4) is 16.9 Å².